The largest absolute Gasteiger partial charge is 0.362 e. The van der Waals surface area contributed by atoms with Crippen LogP contribution in [-0.4, -0.2) is 90.8 Å². The monoisotopic (exact) mass is 445 g/mol. The molecular weight excluding hydrogens is 405 g/mol. The molecule has 2 saturated carbocycles. The van der Waals surface area contributed by atoms with Crippen LogP contribution in [0.25, 0.3) is 0 Å². The van der Waals surface area contributed by atoms with Crippen molar-refractivity contribution in [2.45, 2.75) is 75.8 Å². The number of alkyl halides is 1. The van der Waals surface area contributed by atoms with Crippen LogP contribution in [0.1, 0.15) is 51.4 Å². The van der Waals surface area contributed by atoms with Crippen LogP contribution in [0.15, 0.2) is 23.9 Å². The van der Waals surface area contributed by atoms with Crippen molar-refractivity contribution < 1.29 is 9.18 Å². The summed E-state index contributed by atoms with van der Waals surface area (Å²) in [6.07, 6.45) is 14.4. The highest BCUT2D eigenvalue weighted by Crippen LogP contribution is 2.30. The van der Waals surface area contributed by atoms with E-state index in [-0.39, 0.29) is 18.1 Å². The topological polar surface area (TPSA) is 50.9 Å². The van der Waals surface area contributed by atoms with Gasteiger partial charge in [0.05, 0.1) is 6.17 Å². The molecule has 3 unspecified atom stereocenters. The van der Waals surface area contributed by atoms with Crippen LogP contribution in [0.3, 0.4) is 0 Å². The van der Waals surface area contributed by atoms with Gasteiger partial charge in [-0.05, 0) is 76.0 Å². The summed E-state index contributed by atoms with van der Waals surface area (Å²) in [6.45, 7) is 7.15. The molecule has 0 spiro atoms. The first kappa shape index (κ1) is 22.4. The number of rotatable bonds is 6. The fraction of sp³-hybridized carbons (Fsp3) is 0.800. The molecule has 2 N–H and O–H groups in total. The molecule has 6 nitrogen and oxygen atoms in total. The Kier molecular flexibility index (Phi) is 7.14. The Morgan fingerprint density at radius 2 is 1.72 bits per heavy atom. The maximum atomic E-state index is 14.2. The molecule has 0 radical (unpaired) electrons. The molecule has 0 aromatic heterocycles. The predicted molar refractivity (Wildman–Crippen MR) is 125 cm³/mol. The lowest BCUT2D eigenvalue weighted by atomic mass is 10.0. The summed E-state index contributed by atoms with van der Waals surface area (Å²) in [5.41, 5.74) is 0.685. The van der Waals surface area contributed by atoms with Crippen molar-refractivity contribution in [3.63, 3.8) is 0 Å². The minimum Gasteiger partial charge on any atom is -0.362 e. The molecule has 0 bridgehead atoms. The zero-order valence-electron chi connectivity index (χ0n) is 19.4. The molecule has 4 fully saturated rings. The molecule has 5 rings (SSSR count). The molecule has 0 aromatic carbocycles. The second kappa shape index (κ2) is 10.2. The molecule has 5 aliphatic rings. The van der Waals surface area contributed by atoms with Crippen LogP contribution < -0.4 is 10.6 Å². The first-order valence-corrected chi connectivity index (χ1v) is 13.0. The Morgan fingerprint density at radius 1 is 0.938 bits per heavy atom. The third-order valence-electron chi connectivity index (χ3n) is 8.19. The SMILES string of the molecule is O=C(NCC1CC1)C1=CC=CC(N2CCCN(C3CCN(C4CCCC4F)CC3)CC2)N1. The fourth-order valence-electron chi connectivity index (χ4n) is 6.01. The minimum atomic E-state index is -0.607. The van der Waals surface area contributed by atoms with E-state index in [2.05, 4.69) is 31.4 Å². The van der Waals surface area contributed by atoms with Crippen LogP contribution in [0.2, 0.25) is 0 Å². The first-order chi connectivity index (χ1) is 15.7. The Morgan fingerprint density at radius 3 is 2.47 bits per heavy atom. The van der Waals surface area contributed by atoms with Crippen molar-refractivity contribution in [3.05, 3.63) is 23.9 Å². The number of hydrogen-bond acceptors (Lipinski definition) is 5. The maximum absolute atomic E-state index is 14.2. The fourth-order valence-corrected chi connectivity index (χ4v) is 6.01. The van der Waals surface area contributed by atoms with Gasteiger partial charge >= 0.3 is 0 Å². The highest BCUT2D eigenvalue weighted by atomic mass is 19.1. The number of piperidine rings is 1. The van der Waals surface area contributed by atoms with E-state index in [1.807, 2.05) is 12.2 Å². The number of hydrogen-bond donors (Lipinski definition) is 2. The predicted octanol–water partition coefficient (Wildman–Crippen LogP) is 2.24. The number of likely N-dealkylation sites (tertiary alicyclic amines) is 1. The van der Waals surface area contributed by atoms with Crippen molar-refractivity contribution in [3.8, 4) is 0 Å². The lowest BCUT2D eigenvalue weighted by Gasteiger charge is -2.41. The summed E-state index contributed by atoms with van der Waals surface area (Å²) >= 11 is 0. The molecule has 3 heterocycles. The third kappa shape index (κ3) is 5.37. The van der Waals surface area contributed by atoms with Crippen LogP contribution >= 0.6 is 0 Å². The van der Waals surface area contributed by atoms with Crippen molar-refractivity contribution in [1.29, 1.82) is 0 Å². The normalized spacial score (nSPS) is 33.5. The molecular formula is C25H40FN5O. The van der Waals surface area contributed by atoms with Crippen molar-refractivity contribution in [1.82, 2.24) is 25.3 Å². The third-order valence-corrected chi connectivity index (χ3v) is 8.19. The number of nitrogens with one attached hydrogen (secondary N) is 2. The van der Waals surface area contributed by atoms with Crippen molar-refractivity contribution in [2.75, 3.05) is 45.8 Å². The molecule has 3 atom stereocenters. The van der Waals surface area contributed by atoms with Crippen LogP contribution in [0, 0.1) is 5.92 Å². The lowest BCUT2D eigenvalue weighted by Crippen LogP contribution is -2.51. The number of amides is 1. The van der Waals surface area contributed by atoms with E-state index in [9.17, 15) is 9.18 Å². The average molecular weight is 446 g/mol. The van der Waals surface area contributed by atoms with Crippen molar-refractivity contribution in [2.24, 2.45) is 5.92 Å². The minimum absolute atomic E-state index is 0.0206. The van der Waals surface area contributed by atoms with Gasteiger partial charge in [0.15, 0.2) is 0 Å². The van der Waals surface area contributed by atoms with Gasteiger partial charge in [0, 0.05) is 51.4 Å². The molecule has 7 heteroatoms. The van der Waals surface area contributed by atoms with E-state index in [4.69, 9.17) is 0 Å². The van der Waals surface area contributed by atoms with E-state index in [0.29, 0.717) is 17.7 Å². The van der Waals surface area contributed by atoms with Gasteiger partial charge in [-0.15, -0.1) is 0 Å². The molecule has 2 saturated heterocycles. The Labute approximate surface area is 192 Å². The van der Waals surface area contributed by atoms with Gasteiger partial charge in [0.2, 0.25) is 0 Å². The number of nitrogens with zero attached hydrogens (tertiary/aromatic N) is 3. The molecule has 2 aliphatic carbocycles. The Hall–Kier alpha value is -1.44. The highest BCUT2D eigenvalue weighted by molar-refractivity contribution is 5.93. The van der Waals surface area contributed by atoms with E-state index in [1.165, 1.54) is 25.7 Å². The van der Waals surface area contributed by atoms with Crippen molar-refractivity contribution >= 4 is 5.91 Å². The zero-order valence-corrected chi connectivity index (χ0v) is 19.4. The average Bonchev–Trinajstić information content (AvgIpc) is 3.61. The molecule has 1 amide bonds. The second-order valence-electron chi connectivity index (χ2n) is 10.4. The molecule has 3 aliphatic heterocycles. The number of dihydropyridines is 1. The lowest BCUT2D eigenvalue weighted by molar-refractivity contribution is -0.118. The van der Waals surface area contributed by atoms with E-state index in [0.717, 1.165) is 71.5 Å². The Balaban J connectivity index is 1.08. The quantitative estimate of drug-likeness (QED) is 0.657. The van der Waals surface area contributed by atoms with Gasteiger partial charge in [0.1, 0.15) is 11.9 Å². The smallest absolute Gasteiger partial charge is 0.267 e. The van der Waals surface area contributed by atoms with E-state index in [1.54, 1.807) is 0 Å². The van der Waals surface area contributed by atoms with Gasteiger partial charge in [-0.25, -0.2) is 4.39 Å². The summed E-state index contributed by atoms with van der Waals surface area (Å²) < 4.78 is 14.2. The van der Waals surface area contributed by atoms with Gasteiger partial charge in [-0.1, -0.05) is 6.08 Å². The maximum Gasteiger partial charge on any atom is 0.267 e. The van der Waals surface area contributed by atoms with E-state index >= 15 is 0 Å². The van der Waals surface area contributed by atoms with Crippen LogP contribution in [0.5, 0.6) is 0 Å². The standard InChI is InChI=1S/C25H40FN5O/c26-21-4-1-6-23(21)30-14-10-20(11-15-30)29-12-3-13-31(17-16-29)24-7-2-5-22(28-24)25(32)27-18-19-8-9-19/h2,5,7,19-21,23-24,28H,1,3-4,6,8-18H2,(H,27,32). The molecule has 32 heavy (non-hydrogen) atoms. The summed E-state index contributed by atoms with van der Waals surface area (Å²) in [4.78, 5) is 20.1. The van der Waals surface area contributed by atoms with Crippen LogP contribution in [0.4, 0.5) is 4.39 Å². The summed E-state index contributed by atoms with van der Waals surface area (Å²) in [5.74, 6) is 0.710. The van der Waals surface area contributed by atoms with Gasteiger partial charge < -0.3 is 10.6 Å². The van der Waals surface area contributed by atoms with Gasteiger partial charge in [0.25, 0.3) is 5.91 Å². The number of allylic oxidation sites excluding steroid dienone is 2. The van der Waals surface area contributed by atoms with Crippen LogP contribution in [-0.2, 0) is 4.79 Å². The summed E-state index contributed by atoms with van der Waals surface area (Å²) in [7, 11) is 0. The highest BCUT2D eigenvalue weighted by Gasteiger charge is 2.35. The number of carbonyl (C=O) groups is 1. The number of halogens is 1. The zero-order chi connectivity index (χ0) is 21.9. The van der Waals surface area contributed by atoms with Gasteiger partial charge in [-0.3, -0.25) is 19.5 Å². The summed E-state index contributed by atoms with van der Waals surface area (Å²) in [5, 5.41) is 6.53. The van der Waals surface area contributed by atoms with Gasteiger partial charge in [-0.2, -0.15) is 0 Å². The number of carbonyl (C=O) groups excluding carboxylic acids is 1. The molecule has 178 valence electrons. The van der Waals surface area contributed by atoms with E-state index < -0.39 is 6.17 Å². The first-order valence-electron chi connectivity index (χ1n) is 13.0. The Bertz CT molecular complexity index is 715. The summed E-state index contributed by atoms with van der Waals surface area (Å²) in [6, 6.07) is 0.813. The second-order valence-corrected chi connectivity index (χ2v) is 10.4. The molecule has 0 aromatic rings.